The molecule has 0 aliphatic rings. The number of hydrogen-bond acceptors (Lipinski definition) is 2. The number of fused-ring (bicyclic) bond motifs is 1. The van der Waals surface area contributed by atoms with Crippen molar-refractivity contribution in [1.82, 2.24) is 10.2 Å². The molecule has 0 aliphatic carbocycles. The number of anilines is 1. The van der Waals surface area contributed by atoms with E-state index in [1.54, 1.807) is 6.20 Å². The summed E-state index contributed by atoms with van der Waals surface area (Å²) in [4.78, 5) is 10.4. The number of carbonyl (C=O) groups is 1. The Hall–Kier alpha value is -1.84. The third kappa shape index (κ3) is 1.16. The number of nitrogens with zero attached hydrogens (tertiary/aromatic N) is 1. The van der Waals surface area contributed by atoms with Crippen molar-refractivity contribution in [3.05, 3.63) is 23.9 Å². The van der Waals surface area contributed by atoms with Gasteiger partial charge in [0.25, 0.3) is 0 Å². The van der Waals surface area contributed by atoms with Gasteiger partial charge < -0.3 is 5.32 Å². The highest BCUT2D eigenvalue weighted by Crippen LogP contribution is 2.24. The summed E-state index contributed by atoms with van der Waals surface area (Å²) >= 11 is 0. The van der Waals surface area contributed by atoms with Crippen LogP contribution in [0.4, 0.5) is 5.69 Å². The highest BCUT2D eigenvalue weighted by atomic mass is 16.1. The number of carbonyl (C=O) groups excluding carboxylic acids is 1. The van der Waals surface area contributed by atoms with Crippen LogP contribution < -0.4 is 5.32 Å². The zero-order valence-corrected chi connectivity index (χ0v) is 7.16. The lowest BCUT2D eigenvalue weighted by molar-refractivity contribution is -0.105. The normalized spacial score (nSPS) is 10.2. The summed E-state index contributed by atoms with van der Waals surface area (Å²) in [5.41, 5.74) is 2.78. The molecule has 2 N–H and O–H groups in total. The topological polar surface area (TPSA) is 57.8 Å². The van der Waals surface area contributed by atoms with E-state index in [1.807, 2.05) is 19.1 Å². The zero-order chi connectivity index (χ0) is 9.26. The van der Waals surface area contributed by atoms with E-state index in [1.165, 1.54) is 0 Å². The summed E-state index contributed by atoms with van der Waals surface area (Å²) < 4.78 is 0. The molecule has 4 heteroatoms. The molecule has 0 saturated carbocycles. The molecule has 0 saturated heterocycles. The first kappa shape index (κ1) is 7.79. The molecule has 1 amide bonds. The number of rotatable bonds is 2. The fourth-order valence-electron chi connectivity index (χ4n) is 1.38. The fourth-order valence-corrected chi connectivity index (χ4v) is 1.38. The Morgan fingerprint density at radius 1 is 1.54 bits per heavy atom. The largest absolute Gasteiger partial charge is 0.328 e. The summed E-state index contributed by atoms with van der Waals surface area (Å²) in [5.74, 6) is 0. The van der Waals surface area contributed by atoms with Crippen LogP contribution in [0.2, 0.25) is 0 Å². The first-order valence-corrected chi connectivity index (χ1v) is 3.96. The molecule has 0 fully saturated rings. The highest BCUT2D eigenvalue weighted by molar-refractivity contribution is 5.96. The van der Waals surface area contributed by atoms with Gasteiger partial charge in [0.05, 0.1) is 17.4 Å². The number of hydrogen-bond donors (Lipinski definition) is 2. The van der Waals surface area contributed by atoms with Gasteiger partial charge in [0, 0.05) is 5.39 Å². The second-order valence-electron chi connectivity index (χ2n) is 2.85. The third-order valence-corrected chi connectivity index (χ3v) is 2.04. The van der Waals surface area contributed by atoms with E-state index in [9.17, 15) is 4.79 Å². The average Bonchev–Trinajstić information content (AvgIpc) is 2.58. The summed E-state index contributed by atoms with van der Waals surface area (Å²) in [6.45, 7) is 1.94. The molecule has 1 aromatic heterocycles. The second kappa shape index (κ2) is 2.90. The lowest BCUT2D eigenvalue weighted by atomic mass is 10.1. The Morgan fingerprint density at radius 2 is 2.38 bits per heavy atom. The molecule has 0 bridgehead atoms. The summed E-state index contributed by atoms with van der Waals surface area (Å²) in [5, 5.41) is 10.3. The molecule has 66 valence electrons. The van der Waals surface area contributed by atoms with E-state index < -0.39 is 0 Å². The zero-order valence-electron chi connectivity index (χ0n) is 7.16. The number of aromatic amines is 1. The molecule has 1 aromatic carbocycles. The highest BCUT2D eigenvalue weighted by Gasteiger charge is 2.04. The van der Waals surface area contributed by atoms with Gasteiger partial charge in [0.2, 0.25) is 6.41 Å². The molecule has 2 rings (SSSR count). The quantitative estimate of drug-likeness (QED) is 0.678. The van der Waals surface area contributed by atoms with Gasteiger partial charge in [0.1, 0.15) is 0 Å². The van der Waals surface area contributed by atoms with Crippen LogP contribution in [-0.2, 0) is 4.79 Å². The third-order valence-electron chi connectivity index (χ3n) is 2.04. The van der Waals surface area contributed by atoms with Crippen molar-refractivity contribution in [2.75, 3.05) is 5.32 Å². The van der Waals surface area contributed by atoms with E-state index in [4.69, 9.17) is 0 Å². The lowest BCUT2D eigenvalue weighted by Crippen LogP contribution is -1.96. The van der Waals surface area contributed by atoms with Crippen molar-refractivity contribution in [3.63, 3.8) is 0 Å². The molecular weight excluding hydrogens is 166 g/mol. The SMILES string of the molecule is Cc1ccc2[nH]ncc2c1NC=O. The van der Waals surface area contributed by atoms with Crippen molar-refractivity contribution >= 4 is 23.0 Å². The van der Waals surface area contributed by atoms with Crippen molar-refractivity contribution in [2.24, 2.45) is 0 Å². The number of benzene rings is 1. The van der Waals surface area contributed by atoms with Crippen LogP contribution in [0.15, 0.2) is 18.3 Å². The van der Waals surface area contributed by atoms with Crippen LogP contribution in [0.25, 0.3) is 10.9 Å². The van der Waals surface area contributed by atoms with Gasteiger partial charge in [-0.2, -0.15) is 5.10 Å². The molecule has 13 heavy (non-hydrogen) atoms. The predicted octanol–water partition coefficient (Wildman–Crippen LogP) is 1.44. The predicted molar refractivity (Wildman–Crippen MR) is 50.5 cm³/mol. The minimum absolute atomic E-state index is 0.675. The van der Waals surface area contributed by atoms with Crippen LogP contribution in [0, 0.1) is 6.92 Å². The van der Waals surface area contributed by atoms with Gasteiger partial charge >= 0.3 is 0 Å². The Kier molecular flexibility index (Phi) is 1.73. The molecule has 1 heterocycles. The van der Waals surface area contributed by atoms with Gasteiger partial charge in [-0.3, -0.25) is 9.89 Å². The number of aryl methyl sites for hydroxylation is 1. The van der Waals surface area contributed by atoms with Crippen molar-refractivity contribution in [1.29, 1.82) is 0 Å². The first-order valence-electron chi connectivity index (χ1n) is 3.96. The Bertz CT molecular complexity index is 447. The van der Waals surface area contributed by atoms with Crippen LogP contribution in [-0.4, -0.2) is 16.6 Å². The smallest absolute Gasteiger partial charge is 0.211 e. The Labute approximate surface area is 75.0 Å². The molecule has 0 spiro atoms. The van der Waals surface area contributed by atoms with Crippen molar-refractivity contribution in [3.8, 4) is 0 Å². The maximum Gasteiger partial charge on any atom is 0.211 e. The van der Waals surface area contributed by atoms with Crippen molar-refractivity contribution < 1.29 is 4.79 Å². The van der Waals surface area contributed by atoms with Crippen LogP contribution in [0.1, 0.15) is 5.56 Å². The Balaban J connectivity index is 2.72. The van der Waals surface area contributed by atoms with Crippen molar-refractivity contribution in [2.45, 2.75) is 6.92 Å². The molecule has 2 aromatic rings. The minimum Gasteiger partial charge on any atom is -0.328 e. The number of nitrogens with one attached hydrogen (secondary N) is 2. The summed E-state index contributed by atoms with van der Waals surface area (Å²) in [6, 6.07) is 3.87. The number of aromatic nitrogens is 2. The second-order valence-corrected chi connectivity index (χ2v) is 2.85. The molecule has 4 nitrogen and oxygen atoms in total. The van der Waals surface area contributed by atoms with Crippen LogP contribution in [0.3, 0.4) is 0 Å². The first-order chi connectivity index (χ1) is 6.33. The monoisotopic (exact) mass is 175 g/mol. The van der Waals surface area contributed by atoms with E-state index >= 15 is 0 Å². The van der Waals surface area contributed by atoms with E-state index in [2.05, 4.69) is 15.5 Å². The van der Waals surface area contributed by atoms with E-state index in [0.29, 0.717) is 6.41 Å². The van der Waals surface area contributed by atoms with Crippen LogP contribution in [0.5, 0.6) is 0 Å². The van der Waals surface area contributed by atoms with Gasteiger partial charge in [-0.15, -0.1) is 0 Å². The number of H-pyrrole nitrogens is 1. The molecule has 0 aliphatic heterocycles. The molecule has 0 radical (unpaired) electrons. The Morgan fingerprint density at radius 3 is 3.15 bits per heavy atom. The maximum absolute atomic E-state index is 10.4. The summed E-state index contributed by atoms with van der Waals surface area (Å²) in [6.07, 6.45) is 2.38. The average molecular weight is 175 g/mol. The van der Waals surface area contributed by atoms with Crippen LogP contribution >= 0.6 is 0 Å². The van der Waals surface area contributed by atoms with Gasteiger partial charge in [-0.25, -0.2) is 0 Å². The molecular formula is C9H9N3O. The fraction of sp³-hybridized carbons (Fsp3) is 0.111. The van der Waals surface area contributed by atoms with E-state index in [-0.39, 0.29) is 0 Å². The molecule has 0 unspecified atom stereocenters. The number of amides is 1. The molecule has 0 atom stereocenters. The maximum atomic E-state index is 10.4. The lowest BCUT2D eigenvalue weighted by Gasteiger charge is -2.03. The van der Waals surface area contributed by atoms with Gasteiger partial charge in [0.15, 0.2) is 0 Å². The standard InChI is InChI=1S/C9H9N3O/c1-6-2-3-8-7(4-11-12-8)9(6)10-5-13/h2-5H,1H3,(H,10,13)(H,11,12). The van der Waals surface area contributed by atoms with Gasteiger partial charge in [-0.1, -0.05) is 6.07 Å². The van der Waals surface area contributed by atoms with Gasteiger partial charge in [-0.05, 0) is 18.6 Å². The summed E-state index contributed by atoms with van der Waals surface area (Å²) in [7, 11) is 0. The minimum atomic E-state index is 0.675. The van der Waals surface area contributed by atoms with E-state index in [0.717, 1.165) is 22.2 Å².